The summed E-state index contributed by atoms with van der Waals surface area (Å²) in [5.74, 6) is 0. The lowest BCUT2D eigenvalue weighted by atomic mass is 9.32. The molecule has 6 rings (SSSR count). The monoisotopic (exact) mass is 732 g/mol. The molecule has 0 fully saturated rings. The Labute approximate surface area is 339 Å². The van der Waals surface area contributed by atoms with Crippen LogP contribution in [-0.2, 0) is 0 Å². The van der Waals surface area contributed by atoms with E-state index in [9.17, 15) is 0 Å². The smallest absolute Gasteiger partial charge is 0.0991 e. The minimum atomic E-state index is 0.0895. The molecule has 0 heterocycles. The fourth-order valence-electron chi connectivity index (χ4n) is 9.12. The van der Waals surface area contributed by atoms with Gasteiger partial charge in [0.2, 0.25) is 6.71 Å². The SMILES string of the molecule is C=C/C=C\C=C/C.Cc1c(C)c(-c2ccccc2)c(C)c(C)c1B(c1c(C)c(C)c(-c2ccccc2)c(C)c1C)c1c(C)c(C)c(-c2ccccc2)c(C)c1C. The van der Waals surface area contributed by atoms with E-state index in [1.54, 1.807) is 6.08 Å². The van der Waals surface area contributed by atoms with Gasteiger partial charge in [-0.3, -0.25) is 0 Å². The van der Waals surface area contributed by atoms with Crippen molar-refractivity contribution in [3.05, 3.63) is 195 Å². The second-order valence-electron chi connectivity index (χ2n) is 15.5. The summed E-state index contributed by atoms with van der Waals surface area (Å²) in [5.41, 5.74) is 29.1. The third-order valence-corrected chi connectivity index (χ3v) is 12.7. The minimum Gasteiger partial charge on any atom is -0.0991 e. The molecule has 6 aromatic rings. The Hall–Kier alpha value is -5.40. The van der Waals surface area contributed by atoms with E-state index in [1.807, 2.05) is 31.2 Å². The van der Waals surface area contributed by atoms with E-state index in [-0.39, 0.29) is 6.71 Å². The summed E-state index contributed by atoms with van der Waals surface area (Å²) in [4.78, 5) is 0. The van der Waals surface area contributed by atoms with Gasteiger partial charge in [0.15, 0.2) is 0 Å². The van der Waals surface area contributed by atoms with Crippen LogP contribution in [0.15, 0.2) is 128 Å². The molecule has 0 aliphatic heterocycles. The first kappa shape index (κ1) is 41.8. The van der Waals surface area contributed by atoms with Gasteiger partial charge >= 0.3 is 0 Å². The van der Waals surface area contributed by atoms with Gasteiger partial charge in [-0.15, -0.1) is 0 Å². The summed E-state index contributed by atoms with van der Waals surface area (Å²) >= 11 is 0. The molecule has 0 radical (unpaired) electrons. The predicted octanol–water partition coefficient (Wildman–Crippen LogP) is 13.2. The van der Waals surface area contributed by atoms with Crippen LogP contribution in [0.3, 0.4) is 0 Å². The summed E-state index contributed by atoms with van der Waals surface area (Å²) in [6.45, 7) is 33.9. The highest BCUT2D eigenvalue weighted by molar-refractivity contribution is 6.97. The number of allylic oxidation sites excluding steroid dienone is 5. The minimum absolute atomic E-state index is 0.0895. The van der Waals surface area contributed by atoms with E-state index < -0.39 is 0 Å². The maximum atomic E-state index is 3.51. The molecular formula is C55H61B. The van der Waals surface area contributed by atoms with E-state index >= 15 is 0 Å². The fourth-order valence-corrected chi connectivity index (χ4v) is 9.12. The first-order chi connectivity index (χ1) is 26.8. The standard InChI is InChI=1S/C48H51B.C7H10/c1-28-34(7)46(35(8)29(2)43(28)40-22-16-13-17-23-40)49(47-36(9)30(3)44(31(4)37(47)10)41-24-18-14-19-25-41)48-38(11)32(5)45(33(6)39(48)12)42-26-20-15-21-27-42;1-3-5-7-6-4-2/h13-27H,1-12H3;3-7H,1H2,2H3/b;6-4-,7-5-. The lowest BCUT2D eigenvalue weighted by Crippen LogP contribution is -2.58. The molecule has 0 spiro atoms. The third kappa shape index (κ3) is 7.83. The highest BCUT2D eigenvalue weighted by atomic mass is 14.3. The molecule has 0 saturated carbocycles. The molecule has 6 aromatic carbocycles. The Morgan fingerprint density at radius 1 is 0.339 bits per heavy atom. The van der Waals surface area contributed by atoms with Crippen LogP contribution >= 0.6 is 0 Å². The Morgan fingerprint density at radius 3 is 0.804 bits per heavy atom. The normalized spacial score (nSPS) is 11.2. The maximum absolute atomic E-state index is 3.51. The molecule has 0 aliphatic carbocycles. The molecule has 0 aromatic heterocycles. The van der Waals surface area contributed by atoms with Gasteiger partial charge in [0.25, 0.3) is 0 Å². The van der Waals surface area contributed by atoms with E-state index in [4.69, 9.17) is 0 Å². The van der Waals surface area contributed by atoms with Crippen LogP contribution in [0.25, 0.3) is 33.4 Å². The molecule has 0 bridgehead atoms. The van der Waals surface area contributed by atoms with Crippen molar-refractivity contribution in [1.82, 2.24) is 0 Å². The Bertz CT molecular complexity index is 2080. The van der Waals surface area contributed by atoms with E-state index in [2.05, 4.69) is 181 Å². The second-order valence-corrected chi connectivity index (χ2v) is 15.5. The quantitative estimate of drug-likeness (QED) is 0.108. The molecule has 56 heavy (non-hydrogen) atoms. The van der Waals surface area contributed by atoms with Gasteiger partial charge in [-0.2, -0.15) is 0 Å². The first-order valence-corrected chi connectivity index (χ1v) is 20.2. The largest absolute Gasteiger partial charge is 0.243 e. The van der Waals surface area contributed by atoms with E-state index in [1.165, 1.54) is 117 Å². The van der Waals surface area contributed by atoms with E-state index in [0.717, 1.165) is 0 Å². The molecule has 0 amide bonds. The maximum Gasteiger partial charge on any atom is 0.243 e. The fraction of sp³-hybridized carbons (Fsp3) is 0.236. The molecule has 0 unspecified atom stereocenters. The van der Waals surface area contributed by atoms with Crippen molar-refractivity contribution in [2.75, 3.05) is 0 Å². The Balaban J connectivity index is 0.000000784. The number of rotatable bonds is 8. The molecule has 0 nitrogen and oxygen atoms in total. The molecule has 0 saturated heterocycles. The lowest BCUT2D eigenvalue weighted by molar-refractivity contribution is 1.25. The van der Waals surface area contributed by atoms with Crippen LogP contribution in [0.4, 0.5) is 0 Å². The zero-order valence-corrected chi connectivity index (χ0v) is 36.3. The zero-order chi connectivity index (χ0) is 40.8. The van der Waals surface area contributed by atoms with Gasteiger partial charge < -0.3 is 0 Å². The highest BCUT2D eigenvalue weighted by Crippen LogP contribution is 2.36. The van der Waals surface area contributed by atoms with Crippen LogP contribution in [0.5, 0.6) is 0 Å². The van der Waals surface area contributed by atoms with E-state index in [0.29, 0.717) is 0 Å². The van der Waals surface area contributed by atoms with Crippen molar-refractivity contribution in [3.8, 4) is 33.4 Å². The third-order valence-electron chi connectivity index (χ3n) is 12.7. The van der Waals surface area contributed by atoms with Crippen molar-refractivity contribution in [2.45, 2.75) is 90.0 Å². The zero-order valence-electron chi connectivity index (χ0n) is 36.3. The Morgan fingerprint density at radius 2 is 0.589 bits per heavy atom. The lowest BCUT2D eigenvalue weighted by Gasteiger charge is -2.33. The van der Waals surface area contributed by atoms with Crippen molar-refractivity contribution in [2.24, 2.45) is 0 Å². The van der Waals surface area contributed by atoms with Crippen molar-refractivity contribution in [1.29, 1.82) is 0 Å². The summed E-state index contributed by atoms with van der Waals surface area (Å²) in [7, 11) is 0. The Kier molecular flexibility index (Phi) is 13.5. The van der Waals surface area contributed by atoms with Crippen molar-refractivity contribution in [3.63, 3.8) is 0 Å². The van der Waals surface area contributed by atoms with Crippen molar-refractivity contribution < 1.29 is 0 Å². The number of hydrogen-bond acceptors (Lipinski definition) is 0. The van der Waals surface area contributed by atoms with Gasteiger partial charge in [-0.05, 0) is 157 Å². The molecule has 284 valence electrons. The first-order valence-electron chi connectivity index (χ1n) is 20.2. The number of hydrogen-bond donors (Lipinski definition) is 0. The van der Waals surface area contributed by atoms with Crippen LogP contribution in [0, 0.1) is 83.1 Å². The molecule has 0 N–H and O–H groups in total. The average molecular weight is 733 g/mol. The van der Waals surface area contributed by atoms with Crippen LogP contribution in [0.2, 0.25) is 0 Å². The highest BCUT2D eigenvalue weighted by Gasteiger charge is 2.35. The summed E-state index contributed by atoms with van der Waals surface area (Å²) in [5, 5.41) is 0. The predicted molar refractivity (Wildman–Crippen MR) is 251 cm³/mol. The van der Waals surface area contributed by atoms with Gasteiger partial charge in [-0.25, -0.2) is 0 Å². The van der Waals surface area contributed by atoms with Gasteiger partial charge in [0.1, 0.15) is 0 Å². The van der Waals surface area contributed by atoms with Gasteiger partial charge in [0.05, 0.1) is 0 Å². The van der Waals surface area contributed by atoms with Gasteiger partial charge in [0, 0.05) is 0 Å². The van der Waals surface area contributed by atoms with Crippen molar-refractivity contribution >= 4 is 23.1 Å². The van der Waals surface area contributed by atoms with Gasteiger partial charge in [-0.1, -0.05) is 178 Å². The summed E-state index contributed by atoms with van der Waals surface area (Å²) < 4.78 is 0. The van der Waals surface area contributed by atoms with Crippen LogP contribution in [-0.4, -0.2) is 6.71 Å². The topological polar surface area (TPSA) is 0 Å². The average Bonchev–Trinajstić information content (AvgIpc) is 3.20. The van der Waals surface area contributed by atoms with Crippen LogP contribution in [0.1, 0.15) is 73.7 Å². The summed E-state index contributed by atoms with van der Waals surface area (Å²) in [6.07, 6.45) is 9.51. The molecule has 0 aliphatic rings. The summed E-state index contributed by atoms with van der Waals surface area (Å²) in [6, 6.07) is 32.9. The molecular weight excluding hydrogens is 671 g/mol. The molecule has 0 atom stereocenters. The van der Waals surface area contributed by atoms with Crippen LogP contribution < -0.4 is 16.4 Å². The molecule has 1 heteroatoms. The number of benzene rings is 6. The second kappa shape index (κ2) is 18.0.